The van der Waals surface area contributed by atoms with Crippen molar-refractivity contribution in [2.45, 2.75) is 71.6 Å². The topological polar surface area (TPSA) is 76.1 Å². The van der Waals surface area contributed by atoms with E-state index in [2.05, 4.69) is 24.3 Å². The molecule has 0 bridgehead atoms. The molecule has 1 amide bonds. The minimum Gasteiger partial charge on any atom is -0.488 e. The number of carbonyl (C=O) groups excluding carboxylic acids is 1. The summed E-state index contributed by atoms with van der Waals surface area (Å²) in [6.07, 6.45) is -0.160. The molecule has 1 aliphatic heterocycles. The molecule has 1 unspecified atom stereocenters. The van der Waals surface area contributed by atoms with Gasteiger partial charge in [0.05, 0.1) is 18.2 Å². The number of rotatable bonds is 6. The van der Waals surface area contributed by atoms with Gasteiger partial charge < -0.3 is 14.6 Å². The van der Waals surface area contributed by atoms with Gasteiger partial charge in [0.25, 0.3) is 0 Å². The molecule has 218 valence electrons. The second kappa shape index (κ2) is 11.5. The van der Waals surface area contributed by atoms with Crippen LogP contribution in [0.4, 0.5) is 4.79 Å². The average Bonchev–Trinajstić information content (AvgIpc) is 2.94. The van der Waals surface area contributed by atoms with Gasteiger partial charge in [0.2, 0.25) is 0 Å². The van der Waals surface area contributed by atoms with Crippen molar-refractivity contribution in [3.63, 3.8) is 0 Å². The molecule has 0 aromatic heterocycles. The van der Waals surface area contributed by atoms with Gasteiger partial charge in [0, 0.05) is 11.5 Å². The predicted molar refractivity (Wildman–Crippen MR) is 165 cm³/mol. The van der Waals surface area contributed by atoms with Gasteiger partial charge in [-0.3, -0.25) is 4.90 Å². The number of carboxylic acid groups (broad SMARTS) is 1. The Morgan fingerprint density at radius 1 is 0.952 bits per heavy atom. The normalized spacial score (nSPS) is 17.2. The van der Waals surface area contributed by atoms with Gasteiger partial charge >= 0.3 is 12.1 Å². The molecule has 0 spiro atoms. The summed E-state index contributed by atoms with van der Waals surface area (Å²) in [5, 5.41) is 12.1. The average molecular weight is 566 g/mol. The zero-order valence-corrected chi connectivity index (χ0v) is 25.2. The van der Waals surface area contributed by atoms with Gasteiger partial charge in [0.15, 0.2) is 0 Å². The van der Waals surface area contributed by atoms with Gasteiger partial charge in [-0.15, -0.1) is 0 Å². The van der Waals surface area contributed by atoms with E-state index < -0.39 is 17.7 Å². The maximum absolute atomic E-state index is 13.8. The van der Waals surface area contributed by atoms with Crippen LogP contribution in [-0.2, 0) is 4.74 Å². The molecule has 6 heteroatoms. The van der Waals surface area contributed by atoms with Crippen LogP contribution in [0.1, 0.15) is 84.3 Å². The Bertz CT molecular complexity index is 1630. The standard InChI is InChI=1S/C36H39NO5/c1-22-18-19-27(23(2)33(22)34(38)39)31-20-26(41-32-17-10-9-15-30(31)32)21-37(35(40)42-36(4,5)6)24(3)28-16-11-13-25-12-7-8-14-29(25)28/h7-19,24,26,31H,20-21H2,1-6H3,(H,38,39)/t24?,26-,31+/m1/s1. The lowest BCUT2D eigenvalue weighted by Crippen LogP contribution is -2.45. The lowest BCUT2D eigenvalue weighted by molar-refractivity contribution is 0.00568. The van der Waals surface area contributed by atoms with Crippen molar-refractivity contribution in [1.29, 1.82) is 0 Å². The lowest BCUT2D eigenvalue weighted by atomic mass is 9.80. The summed E-state index contributed by atoms with van der Waals surface area (Å²) in [6, 6.07) is 25.9. The molecule has 1 aliphatic rings. The fraction of sp³-hybridized carbons (Fsp3) is 0.333. The highest BCUT2D eigenvalue weighted by Crippen LogP contribution is 2.43. The first-order valence-corrected chi connectivity index (χ1v) is 14.5. The number of benzene rings is 4. The van der Waals surface area contributed by atoms with E-state index in [-0.39, 0.29) is 18.1 Å². The highest BCUT2D eigenvalue weighted by molar-refractivity contribution is 5.91. The van der Waals surface area contributed by atoms with Gasteiger partial charge in [-0.1, -0.05) is 72.8 Å². The minimum absolute atomic E-state index is 0.0907. The molecule has 4 aromatic rings. The number of ether oxygens (including phenoxy) is 2. The second-order valence-corrected chi connectivity index (χ2v) is 12.2. The SMILES string of the molecule is Cc1ccc([C@@H]2C[C@H](CN(C(=O)OC(C)(C)C)C(C)c3cccc4ccccc34)Oc3ccccc32)c(C)c1C(=O)O. The quantitative estimate of drug-likeness (QED) is 0.254. The highest BCUT2D eigenvalue weighted by atomic mass is 16.6. The second-order valence-electron chi connectivity index (χ2n) is 12.2. The Morgan fingerprint density at radius 3 is 2.38 bits per heavy atom. The third-order valence-corrected chi connectivity index (χ3v) is 8.16. The molecule has 0 fully saturated rings. The predicted octanol–water partition coefficient (Wildman–Crippen LogP) is 8.44. The fourth-order valence-electron chi connectivity index (χ4n) is 6.18. The van der Waals surface area contributed by atoms with Crippen LogP contribution in [0.3, 0.4) is 0 Å². The molecule has 0 aliphatic carbocycles. The van der Waals surface area contributed by atoms with Crippen LogP contribution in [0.2, 0.25) is 0 Å². The molecular weight excluding hydrogens is 526 g/mol. The number of aryl methyl sites for hydroxylation is 1. The summed E-state index contributed by atoms with van der Waals surface area (Å²) in [4.78, 5) is 27.7. The number of nitrogens with zero attached hydrogens (tertiary/aromatic N) is 1. The van der Waals surface area contributed by atoms with E-state index in [1.54, 1.807) is 4.90 Å². The Labute approximate surface area is 247 Å². The summed E-state index contributed by atoms with van der Waals surface area (Å²) in [7, 11) is 0. The van der Waals surface area contributed by atoms with E-state index in [0.29, 0.717) is 18.5 Å². The van der Waals surface area contributed by atoms with E-state index in [9.17, 15) is 14.7 Å². The van der Waals surface area contributed by atoms with E-state index in [1.807, 2.05) is 96.1 Å². The first kappa shape index (κ1) is 29.2. The molecule has 5 rings (SSSR count). The third kappa shape index (κ3) is 5.85. The minimum atomic E-state index is -0.927. The Hall–Kier alpha value is -4.32. The molecule has 0 saturated heterocycles. The Kier molecular flexibility index (Phi) is 8.00. The largest absolute Gasteiger partial charge is 0.488 e. The summed E-state index contributed by atoms with van der Waals surface area (Å²) in [6.45, 7) is 11.7. The van der Waals surface area contributed by atoms with Crippen molar-refractivity contribution < 1.29 is 24.2 Å². The Balaban J connectivity index is 1.54. The zero-order valence-electron chi connectivity index (χ0n) is 25.2. The molecule has 0 saturated carbocycles. The van der Waals surface area contributed by atoms with Crippen LogP contribution in [0.15, 0.2) is 78.9 Å². The molecule has 1 heterocycles. The van der Waals surface area contributed by atoms with E-state index in [0.717, 1.165) is 44.3 Å². The van der Waals surface area contributed by atoms with Crippen molar-refractivity contribution in [2.24, 2.45) is 0 Å². The Morgan fingerprint density at radius 2 is 1.64 bits per heavy atom. The van der Waals surface area contributed by atoms with Gasteiger partial charge in [-0.25, -0.2) is 9.59 Å². The van der Waals surface area contributed by atoms with Crippen LogP contribution >= 0.6 is 0 Å². The van der Waals surface area contributed by atoms with Crippen molar-refractivity contribution in [2.75, 3.05) is 6.54 Å². The molecular formula is C36H39NO5. The molecule has 4 aromatic carbocycles. The smallest absolute Gasteiger partial charge is 0.410 e. The summed E-state index contributed by atoms with van der Waals surface area (Å²) in [5.74, 6) is -0.270. The zero-order chi connectivity index (χ0) is 30.2. The summed E-state index contributed by atoms with van der Waals surface area (Å²) < 4.78 is 12.5. The van der Waals surface area contributed by atoms with Crippen LogP contribution in [0, 0.1) is 13.8 Å². The molecule has 42 heavy (non-hydrogen) atoms. The van der Waals surface area contributed by atoms with E-state index in [4.69, 9.17) is 9.47 Å². The van der Waals surface area contributed by atoms with Gasteiger partial charge in [0.1, 0.15) is 17.5 Å². The van der Waals surface area contributed by atoms with E-state index in [1.165, 1.54) is 0 Å². The number of para-hydroxylation sites is 1. The first-order chi connectivity index (χ1) is 19.9. The van der Waals surface area contributed by atoms with Crippen LogP contribution < -0.4 is 4.74 Å². The number of aromatic carboxylic acids is 1. The highest BCUT2D eigenvalue weighted by Gasteiger charge is 2.36. The first-order valence-electron chi connectivity index (χ1n) is 14.5. The number of hydrogen-bond acceptors (Lipinski definition) is 4. The molecule has 3 atom stereocenters. The molecule has 0 radical (unpaired) electrons. The monoisotopic (exact) mass is 565 g/mol. The van der Waals surface area contributed by atoms with Crippen molar-refractivity contribution in [3.8, 4) is 5.75 Å². The number of carbonyl (C=O) groups is 2. The molecule has 6 nitrogen and oxygen atoms in total. The number of fused-ring (bicyclic) bond motifs is 2. The number of amides is 1. The lowest BCUT2D eigenvalue weighted by Gasteiger charge is -2.38. The maximum atomic E-state index is 13.8. The van der Waals surface area contributed by atoms with Gasteiger partial charge in [-0.2, -0.15) is 0 Å². The third-order valence-electron chi connectivity index (χ3n) is 8.16. The van der Waals surface area contributed by atoms with Crippen LogP contribution in [0.5, 0.6) is 5.75 Å². The van der Waals surface area contributed by atoms with Crippen LogP contribution in [0.25, 0.3) is 10.8 Å². The van der Waals surface area contributed by atoms with Crippen molar-refractivity contribution >= 4 is 22.8 Å². The fourth-order valence-corrected chi connectivity index (χ4v) is 6.18. The maximum Gasteiger partial charge on any atom is 0.410 e. The van der Waals surface area contributed by atoms with Crippen LogP contribution in [-0.4, -0.2) is 40.3 Å². The summed E-state index contributed by atoms with van der Waals surface area (Å²) >= 11 is 0. The van der Waals surface area contributed by atoms with Crippen molar-refractivity contribution in [3.05, 3.63) is 112 Å². The van der Waals surface area contributed by atoms with Crippen molar-refractivity contribution in [1.82, 2.24) is 4.90 Å². The van der Waals surface area contributed by atoms with Gasteiger partial charge in [-0.05, 0) is 87.1 Å². The molecule has 1 N–H and O–H groups in total. The van der Waals surface area contributed by atoms with E-state index >= 15 is 0 Å². The number of hydrogen-bond donors (Lipinski definition) is 1. The number of carboxylic acids is 1. The summed E-state index contributed by atoms with van der Waals surface area (Å²) in [5.41, 5.74) is 4.19.